The Hall–Kier alpha value is -0.990. The molecular formula is C11H19NO2. The summed E-state index contributed by atoms with van der Waals surface area (Å²) in [6, 6.07) is 0. The smallest absolute Gasteiger partial charge is 0.242 e. The largest absolute Gasteiger partial charge is 0.460 e. The van der Waals surface area contributed by atoms with E-state index in [0.717, 1.165) is 18.7 Å². The van der Waals surface area contributed by atoms with E-state index in [4.69, 9.17) is 9.47 Å². The molecule has 0 aromatic carbocycles. The molecule has 1 aliphatic heterocycles. The summed E-state index contributed by atoms with van der Waals surface area (Å²) in [7, 11) is 0. The molecule has 0 aromatic rings. The van der Waals surface area contributed by atoms with E-state index < -0.39 is 0 Å². The van der Waals surface area contributed by atoms with Crippen molar-refractivity contribution in [2.45, 2.75) is 52.4 Å². The molecule has 0 saturated heterocycles. The van der Waals surface area contributed by atoms with Gasteiger partial charge >= 0.3 is 0 Å². The molecule has 0 aromatic heterocycles. The van der Waals surface area contributed by atoms with Gasteiger partial charge in [-0.15, -0.1) is 0 Å². The summed E-state index contributed by atoms with van der Waals surface area (Å²) in [4.78, 5) is 4.20. The first kappa shape index (κ1) is 11.1. The Morgan fingerprint density at radius 2 is 2.14 bits per heavy atom. The third-order valence-electron chi connectivity index (χ3n) is 1.95. The Kier molecular flexibility index (Phi) is 3.19. The molecule has 1 aliphatic rings. The molecule has 80 valence electrons. The molecule has 0 bridgehead atoms. The maximum atomic E-state index is 5.59. The summed E-state index contributed by atoms with van der Waals surface area (Å²) in [5.74, 6) is 1.47. The van der Waals surface area contributed by atoms with Gasteiger partial charge in [0.2, 0.25) is 12.2 Å². The van der Waals surface area contributed by atoms with E-state index in [0.29, 0.717) is 5.76 Å². The van der Waals surface area contributed by atoms with E-state index in [1.807, 2.05) is 20.8 Å². The molecule has 14 heavy (non-hydrogen) atoms. The molecule has 1 rings (SSSR count). The van der Waals surface area contributed by atoms with Gasteiger partial charge in [-0.1, -0.05) is 13.5 Å². The lowest BCUT2D eigenvalue weighted by molar-refractivity contribution is -0.0566. The summed E-state index contributed by atoms with van der Waals surface area (Å²) in [6.45, 7) is 11.7. The second-order valence-corrected chi connectivity index (χ2v) is 4.13. The molecule has 1 atom stereocenters. The molecule has 0 fully saturated rings. The number of aliphatic imine (C=N–C) groups is 1. The zero-order valence-corrected chi connectivity index (χ0v) is 9.46. The molecule has 0 radical (unpaired) electrons. The molecule has 0 spiro atoms. The highest BCUT2D eigenvalue weighted by molar-refractivity contribution is 5.97. The lowest BCUT2D eigenvalue weighted by Crippen LogP contribution is -2.21. The van der Waals surface area contributed by atoms with Crippen molar-refractivity contribution in [3.05, 3.63) is 12.3 Å². The third-order valence-corrected chi connectivity index (χ3v) is 1.95. The van der Waals surface area contributed by atoms with Crippen LogP contribution >= 0.6 is 0 Å². The van der Waals surface area contributed by atoms with Crippen molar-refractivity contribution in [1.82, 2.24) is 0 Å². The summed E-state index contributed by atoms with van der Waals surface area (Å²) >= 11 is 0. The Bertz CT molecular complexity index is 256. The topological polar surface area (TPSA) is 30.8 Å². The fourth-order valence-corrected chi connectivity index (χ4v) is 1.12. The minimum atomic E-state index is -0.224. The highest BCUT2D eigenvalue weighted by Crippen LogP contribution is 2.29. The van der Waals surface area contributed by atoms with Crippen LogP contribution in [0.5, 0.6) is 0 Å². The monoisotopic (exact) mass is 197 g/mol. The number of allylic oxidation sites excluding steroid dienone is 1. The summed E-state index contributed by atoms with van der Waals surface area (Å²) < 4.78 is 11.0. The van der Waals surface area contributed by atoms with Gasteiger partial charge in [0.05, 0.1) is 5.76 Å². The first-order chi connectivity index (χ1) is 6.45. The highest BCUT2D eigenvalue weighted by Gasteiger charge is 2.41. The number of rotatable bonds is 5. The van der Waals surface area contributed by atoms with Crippen molar-refractivity contribution < 1.29 is 9.47 Å². The summed E-state index contributed by atoms with van der Waals surface area (Å²) in [6.07, 6.45) is 1.66. The SMILES string of the molecule is C=C(C)OC(CCC)OC1=NC1(C)C. The molecule has 0 saturated carbocycles. The number of nitrogens with zero attached hydrogens (tertiary/aromatic N) is 1. The van der Waals surface area contributed by atoms with Crippen LogP contribution in [-0.2, 0) is 9.47 Å². The second kappa shape index (κ2) is 4.03. The lowest BCUT2D eigenvalue weighted by Gasteiger charge is -2.18. The summed E-state index contributed by atoms with van der Waals surface area (Å²) in [5, 5.41) is 0. The van der Waals surface area contributed by atoms with Crippen molar-refractivity contribution >= 4 is 5.90 Å². The van der Waals surface area contributed by atoms with Crippen molar-refractivity contribution in [2.24, 2.45) is 4.99 Å². The van der Waals surface area contributed by atoms with Crippen LogP contribution < -0.4 is 0 Å². The molecule has 3 nitrogen and oxygen atoms in total. The fourth-order valence-electron chi connectivity index (χ4n) is 1.12. The third kappa shape index (κ3) is 3.05. The minimum Gasteiger partial charge on any atom is -0.460 e. The van der Waals surface area contributed by atoms with E-state index in [1.165, 1.54) is 0 Å². The first-order valence-corrected chi connectivity index (χ1v) is 5.05. The maximum Gasteiger partial charge on any atom is 0.242 e. The van der Waals surface area contributed by atoms with Gasteiger partial charge in [-0.05, 0) is 27.2 Å². The normalized spacial score (nSPS) is 19.6. The van der Waals surface area contributed by atoms with Crippen LogP contribution in [0.3, 0.4) is 0 Å². The van der Waals surface area contributed by atoms with E-state index >= 15 is 0 Å². The highest BCUT2D eigenvalue weighted by atomic mass is 16.7. The van der Waals surface area contributed by atoms with E-state index in [1.54, 1.807) is 0 Å². The molecular weight excluding hydrogens is 178 g/mol. The average molecular weight is 197 g/mol. The van der Waals surface area contributed by atoms with Crippen molar-refractivity contribution in [1.29, 1.82) is 0 Å². The quantitative estimate of drug-likeness (QED) is 0.501. The zero-order valence-electron chi connectivity index (χ0n) is 9.46. The van der Waals surface area contributed by atoms with Crippen LogP contribution in [0.4, 0.5) is 0 Å². The lowest BCUT2D eigenvalue weighted by atomic mass is 10.2. The van der Waals surface area contributed by atoms with Gasteiger partial charge in [-0.2, -0.15) is 0 Å². The van der Waals surface area contributed by atoms with Gasteiger partial charge in [0, 0.05) is 6.42 Å². The van der Waals surface area contributed by atoms with Gasteiger partial charge in [-0.3, -0.25) is 0 Å². The molecule has 3 heteroatoms. The average Bonchev–Trinajstić information content (AvgIpc) is 2.57. The van der Waals surface area contributed by atoms with Crippen LogP contribution in [-0.4, -0.2) is 17.7 Å². The Morgan fingerprint density at radius 3 is 2.50 bits per heavy atom. The molecule has 0 aliphatic carbocycles. The molecule has 1 unspecified atom stereocenters. The Morgan fingerprint density at radius 1 is 1.57 bits per heavy atom. The van der Waals surface area contributed by atoms with Crippen LogP contribution in [0.1, 0.15) is 40.5 Å². The standard InChI is InChI=1S/C11H19NO2/c1-6-7-9(13-8(2)3)14-10-11(4,5)12-10/h9H,2,6-7H2,1,3-5H3. The van der Waals surface area contributed by atoms with E-state index in [2.05, 4.69) is 18.5 Å². The first-order valence-electron chi connectivity index (χ1n) is 5.05. The number of hydrogen-bond acceptors (Lipinski definition) is 3. The number of hydrogen-bond donors (Lipinski definition) is 0. The van der Waals surface area contributed by atoms with Crippen LogP contribution in [0.2, 0.25) is 0 Å². The maximum absolute atomic E-state index is 5.59. The van der Waals surface area contributed by atoms with Gasteiger partial charge < -0.3 is 9.47 Å². The van der Waals surface area contributed by atoms with Gasteiger partial charge in [0.1, 0.15) is 5.54 Å². The van der Waals surface area contributed by atoms with Gasteiger partial charge in [0.25, 0.3) is 0 Å². The van der Waals surface area contributed by atoms with Crippen molar-refractivity contribution in [2.75, 3.05) is 0 Å². The van der Waals surface area contributed by atoms with Crippen LogP contribution in [0.25, 0.3) is 0 Å². The van der Waals surface area contributed by atoms with E-state index in [9.17, 15) is 0 Å². The molecule has 1 heterocycles. The van der Waals surface area contributed by atoms with Crippen LogP contribution in [0, 0.1) is 0 Å². The fraction of sp³-hybridized carbons (Fsp3) is 0.727. The summed E-state index contributed by atoms with van der Waals surface area (Å²) in [5.41, 5.74) is -0.107. The van der Waals surface area contributed by atoms with E-state index in [-0.39, 0.29) is 11.8 Å². The van der Waals surface area contributed by atoms with Gasteiger partial charge in [-0.25, -0.2) is 4.99 Å². The predicted molar refractivity (Wildman–Crippen MR) is 57.2 cm³/mol. The van der Waals surface area contributed by atoms with Crippen LogP contribution in [0.15, 0.2) is 17.3 Å². The zero-order chi connectivity index (χ0) is 10.8. The molecule has 0 N–H and O–H groups in total. The Labute approximate surface area is 85.8 Å². The molecule has 0 amide bonds. The van der Waals surface area contributed by atoms with Crippen molar-refractivity contribution in [3.8, 4) is 0 Å². The number of ether oxygens (including phenoxy) is 2. The van der Waals surface area contributed by atoms with Gasteiger partial charge in [0.15, 0.2) is 0 Å². The second-order valence-electron chi connectivity index (χ2n) is 4.13. The minimum absolute atomic E-state index is 0.107. The predicted octanol–water partition coefficient (Wildman–Crippen LogP) is 2.87. The van der Waals surface area contributed by atoms with Crippen molar-refractivity contribution in [3.63, 3.8) is 0 Å². The Balaban J connectivity index is 2.36.